The van der Waals surface area contributed by atoms with Gasteiger partial charge in [0, 0.05) is 58.3 Å². The van der Waals surface area contributed by atoms with Crippen molar-refractivity contribution in [1.82, 2.24) is 14.4 Å². The highest BCUT2D eigenvalue weighted by atomic mass is 16.5. The molecule has 3 heterocycles. The van der Waals surface area contributed by atoms with Crippen LogP contribution in [0.2, 0.25) is 0 Å². The van der Waals surface area contributed by atoms with Crippen molar-refractivity contribution in [3.05, 3.63) is 60.4 Å². The number of amides is 1. The molecule has 0 radical (unpaired) electrons. The number of hydrogen-bond donors (Lipinski definition) is 0. The van der Waals surface area contributed by atoms with E-state index in [2.05, 4.69) is 57.1 Å². The fraction of sp³-hybridized carbons (Fsp3) is 0.500. The molecular weight excluding hydrogens is 338 g/mol. The zero-order chi connectivity index (χ0) is 18.5. The Balaban J connectivity index is 1.35. The maximum absolute atomic E-state index is 13.1. The van der Waals surface area contributed by atoms with Crippen LogP contribution in [-0.2, 0) is 21.6 Å². The lowest BCUT2D eigenvalue weighted by molar-refractivity contribution is -0.136. The first-order valence-electron chi connectivity index (χ1n) is 10.0. The second-order valence-electron chi connectivity index (χ2n) is 7.75. The SMILES string of the molecule is O=C(CC1(n2cccc2)CCOCC1)N1CCN(Cc2ccccc2)CC1. The number of hydrogen-bond acceptors (Lipinski definition) is 3. The van der Waals surface area contributed by atoms with Crippen LogP contribution in [0.1, 0.15) is 24.8 Å². The van der Waals surface area contributed by atoms with Gasteiger partial charge in [-0.25, -0.2) is 0 Å². The first-order valence-corrected chi connectivity index (χ1v) is 10.0. The van der Waals surface area contributed by atoms with E-state index in [0.29, 0.717) is 6.42 Å². The molecule has 0 spiro atoms. The van der Waals surface area contributed by atoms with Crippen LogP contribution in [0.3, 0.4) is 0 Å². The van der Waals surface area contributed by atoms with Gasteiger partial charge in [-0.15, -0.1) is 0 Å². The summed E-state index contributed by atoms with van der Waals surface area (Å²) in [5, 5.41) is 0. The second-order valence-corrected chi connectivity index (χ2v) is 7.75. The van der Waals surface area contributed by atoms with Crippen molar-refractivity contribution in [1.29, 1.82) is 0 Å². The van der Waals surface area contributed by atoms with Crippen LogP contribution < -0.4 is 0 Å². The van der Waals surface area contributed by atoms with Crippen LogP contribution >= 0.6 is 0 Å². The molecule has 0 saturated carbocycles. The number of ether oxygens (including phenoxy) is 1. The third-order valence-corrected chi connectivity index (χ3v) is 6.03. The van der Waals surface area contributed by atoms with Gasteiger partial charge in [-0.1, -0.05) is 30.3 Å². The van der Waals surface area contributed by atoms with Crippen molar-refractivity contribution < 1.29 is 9.53 Å². The maximum Gasteiger partial charge on any atom is 0.225 e. The fourth-order valence-electron chi connectivity index (χ4n) is 4.32. The van der Waals surface area contributed by atoms with E-state index < -0.39 is 0 Å². The Bertz CT molecular complexity index is 715. The molecule has 2 aromatic rings. The van der Waals surface area contributed by atoms with Crippen molar-refractivity contribution >= 4 is 5.91 Å². The molecule has 5 heteroatoms. The van der Waals surface area contributed by atoms with E-state index >= 15 is 0 Å². The van der Waals surface area contributed by atoms with Crippen LogP contribution in [0.5, 0.6) is 0 Å². The minimum atomic E-state index is -0.125. The highest BCUT2D eigenvalue weighted by molar-refractivity contribution is 5.77. The van der Waals surface area contributed by atoms with Crippen molar-refractivity contribution in [2.24, 2.45) is 0 Å². The maximum atomic E-state index is 13.1. The van der Waals surface area contributed by atoms with E-state index in [0.717, 1.165) is 58.8 Å². The van der Waals surface area contributed by atoms with E-state index in [1.165, 1.54) is 5.56 Å². The molecule has 0 N–H and O–H groups in total. The lowest BCUT2D eigenvalue weighted by Crippen LogP contribution is -2.51. The summed E-state index contributed by atoms with van der Waals surface area (Å²) >= 11 is 0. The summed E-state index contributed by atoms with van der Waals surface area (Å²) < 4.78 is 7.81. The number of benzene rings is 1. The number of piperazine rings is 1. The molecule has 1 aromatic carbocycles. The molecule has 27 heavy (non-hydrogen) atoms. The third-order valence-electron chi connectivity index (χ3n) is 6.03. The highest BCUT2D eigenvalue weighted by Crippen LogP contribution is 2.33. The topological polar surface area (TPSA) is 37.7 Å². The summed E-state index contributed by atoms with van der Waals surface area (Å²) in [6, 6.07) is 14.7. The van der Waals surface area contributed by atoms with E-state index in [1.807, 2.05) is 12.1 Å². The normalized spacial score (nSPS) is 20.5. The molecule has 2 aliphatic heterocycles. The molecule has 0 aliphatic carbocycles. The minimum absolute atomic E-state index is 0.125. The van der Waals surface area contributed by atoms with Gasteiger partial charge in [0.05, 0.1) is 12.0 Å². The average molecular weight is 367 g/mol. The Morgan fingerprint density at radius 3 is 2.26 bits per heavy atom. The Labute approximate surface area is 161 Å². The predicted molar refractivity (Wildman–Crippen MR) is 105 cm³/mol. The molecule has 2 aliphatic rings. The van der Waals surface area contributed by atoms with Crippen molar-refractivity contribution in [3.63, 3.8) is 0 Å². The van der Waals surface area contributed by atoms with Gasteiger partial charge in [0.15, 0.2) is 0 Å². The van der Waals surface area contributed by atoms with E-state index in [1.54, 1.807) is 0 Å². The van der Waals surface area contributed by atoms with E-state index in [-0.39, 0.29) is 11.4 Å². The molecular formula is C22H29N3O2. The summed E-state index contributed by atoms with van der Waals surface area (Å²) in [7, 11) is 0. The first-order chi connectivity index (χ1) is 13.3. The molecule has 0 atom stereocenters. The predicted octanol–water partition coefficient (Wildman–Crippen LogP) is 2.73. The lowest BCUT2D eigenvalue weighted by atomic mass is 9.85. The van der Waals surface area contributed by atoms with Gasteiger partial charge in [-0.05, 0) is 30.5 Å². The number of nitrogens with zero attached hydrogens (tertiary/aromatic N) is 3. The molecule has 2 fully saturated rings. The molecule has 1 amide bonds. The fourth-order valence-corrected chi connectivity index (χ4v) is 4.32. The second kappa shape index (κ2) is 8.28. The van der Waals surface area contributed by atoms with Gasteiger partial charge in [0.25, 0.3) is 0 Å². The molecule has 0 bridgehead atoms. The Morgan fingerprint density at radius 2 is 1.59 bits per heavy atom. The third kappa shape index (κ3) is 4.25. The van der Waals surface area contributed by atoms with Crippen molar-refractivity contribution in [3.8, 4) is 0 Å². The standard InChI is InChI=1S/C22H29N3O2/c26-21(18-22(8-16-27-17-9-22)25-10-4-5-11-25)24-14-12-23(13-15-24)19-20-6-2-1-3-7-20/h1-7,10-11H,8-9,12-19H2. The molecule has 4 rings (SSSR count). The van der Waals surface area contributed by atoms with Gasteiger partial charge in [0.2, 0.25) is 5.91 Å². The Hall–Kier alpha value is -2.11. The monoisotopic (exact) mass is 367 g/mol. The van der Waals surface area contributed by atoms with Crippen LogP contribution in [0.15, 0.2) is 54.9 Å². The van der Waals surface area contributed by atoms with E-state index in [4.69, 9.17) is 4.74 Å². The lowest BCUT2D eigenvalue weighted by Gasteiger charge is -2.41. The van der Waals surface area contributed by atoms with Crippen molar-refractivity contribution in [2.45, 2.75) is 31.3 Å². The Kier molecular flexibility index (Phi) is 5.60. The van der Waals surface area contributed by atoms with Gasteiger partial charge in [-0.2, -0.15) is 0 Å². The Morgan fingerprint density at radius 1 is 0.926 bits per heavy atom. The van der Waals surface area contributed by atoms with Crippen molar-refractivity contribution in [2.75, 3.05) is 39.4 Å². The molecule has 5 nitrogen and oxygen atoms in total. The first kappa shape index (κ1) is 18.3. The van der Waals surface area contributed by atoms with Crippen LogP contribution in [0.25, 0.3) is 0 Å². The zero-order valence-corrected chi connectivity index (χ0v) is 15.9. The average Bonchev–Trinajstić information content (AvgIpc) is 3.26. The largest absolute Gasteiger partial charge is 0.381 e. The van der Waals surface area contributed by atoms with Gasteiger partial charge < -0.3 is 14.2 Å². The van der Waals surface area contributed by atoms with Crippen LogP contribution in [0, 0.1) is 0 Å². The highest BCUT2D eigenvalue weighted by Gasteiger charge is 2.37. The quantitative estimate of drug-likeness (QED) is 0.816. The summed E-state index contributed by atoms with van der Waals surface area (Å²) in [4.78, 5) is 17.6. The summed E-state index contributed by atoms with van der Waals surface area (Å²) in [5.41, 5.74) is 1.21. The smallest absolute Gasteiger partial charge is 0.225 e. The molecule has 1 aromatic heterocycles. The van der Waals surface area contributed by atoms with Gasteiger partial charge >= 0.3 is 0 Å². The van der Waals surface area contributed by atoms with Crippen LogP contribution in [0.4, 0.5) is 0 Å². The summed E-state index contributed by atoms with van der Waals surface area (Å²) in [5.74, 6) is 0.282. The number of rotatable bonds is 5. The van der Waals surface area contributed by atoms with E-state index in [9.17, 15) is 4.79 Å². The molecule has 144 valence electrons. The molecule has 2 saturated heterocycles. The molecule has 0 unspecified atom stereocenters. The van der Waals surface area contributed by atoms with Gasteiger partial charge in [0.1, 0.15) is 0 Å². The van der Waals surface area contributed by atoms with Gasteiger partial charge in [-0.3, -0.25) is 9.69 Å². The summed E-state index contributed by atoms with van der Waals surface area (Å²) in [6.07, 6.45) is 6.57. The minimum Gasteiger partial charge on any atom is -0.381 e. The zero-order valence-electron chi connectivity index (χ0n) is 15.9. The summed E-state index contributed by atoms with van der Waals surface area (Å²) in [6.45, 7) is 5.97. The van der Waals surface area contributed by atoms with Crippen LogP contribution in [-0.4, -0.2) is 59.7 Å². The number of carbonyl (C=O) groups is 1. The number of aromatic nitrogens is 1. The number of carbonyl (C=O) groups excluding carboxylic acids is 1.